The fraction of sp³-hybridized carbons (Fsp3) is 0.375. The molecule has 1 aromatic carbocycles. The van der Waals surface area contributed by atoms with Crippen molar-refractivity contribution in [3.8, 4) is 0 Å². The zero-order valence-corrected chi connectivity index (χ0v) is 12.3. The Bertz CT molecular complexity index is 678. The summed E-state index contributed by atoms with van der Waals surface area (Å²) < 4.78 is 1.94. The lowest BCUT2D eigenvalue weighted by Crippen LogP contribution is -2.38. The largest absolute Gasteiger partial charge is 0.480 e. The molecule has 0 saturated heterocycles. The summed E-state index contributed by atoms with van der Waals surface area (Å²) in [4.78, 5) is 13.5. The van der Waals surface area contributed by atoms with Gasteiger partial charge >= 0.3 is 5.97 Å². The Labute approximate surface area is 123 Å². The second-order valence-corrected chi connectivity index (χ2v) is 5.41. The molecule has 1 aliphatic heterocycles. The summed E-state index contributed by atoms with van der Waals surface area (Å²) in [7, 11) is 0. The SMILES string of the molecule is CCn1nc(C)cc1CN1c2ccccc2CC1C(=O)O. The molecule has 1 unspecified atom stereocenters. The molecule has 0 aliphatic carbocycles. The van der Waals surface area contributed by atoms with E-state index in [-0.39, 0.29) is 0 Å². The van der Waals surface area contributed by atoms with Crippen LogP contribution >= 0.6 is 0 Å². The molecular formula is C16H19N3O2. The van der Waals surface area contributed by atoms with Gasteiger partial charge in [0.2, 0.25) is 0 Å². The van der Waals surface area contributed by atoms with Crippen molar-refractivity contribution in [2.24, 2.45) is 0 Å². The number of aryl methyl sites for hydroxylation is 2. The van der Waals surface area contributed by atoms with Crippen molar-refractivity contribution in [3.05, 3.63) is 47.3 Å². The molecule has 0 spiro atoms. The highest BCUT2D eigenvalue weighted by Gasteiger charge is 2.34. The molecule has 2 aromatic rings. The van der Waals surface area contributed by atoms with Gasteiger partial charge in [0.25, 0.3) is 0 Å². The number of carboxylic acid groups (broad SMARTS) is 1. The summed E-state index contributed by atoms with van der Waals surface area (Å²) in [5, 5.41) is 13.9. The summed E-state index contributed by atoms with van der Waals surface area (Å²) in [5.74, 6) is -0.773. The molecule has 0 fully saturated rings. The lowest BCUT2D eigenvalue weighted by atomic mass is 10.1. The first-order valence-electron chi connectivity index (χ1n) is 7.21. The van der Waals surface area contributed by atoms with E-state index in [1.165, 1.54) is 0 Å². The van der Waals surface area contributed by atoms with Crippen molar-refractivity contribution >= 4 is 11.7 Å². The van der Waals surface area contributed by atoms with Crippen LogP contribution in [0.15, 0.2) is 30.3 Å². The van der Waals surface area contributed by atoms with Gasteiger partial charge in [0.05, 0.1) is 17.9 Å². The van der Waals surface area contributed by atoms with E-state index >= 15 is 0 Å². The van der Waals surface area contributed by atoms with Gasteiger partial charge in [0.1, 0.15) is 6.04 Å². The highest BCUT2D eigenvalue weighted by Crippen LogP contribution is 2.33. The molecule has 0 saturated carbocycles. The Kier molecular flexibility index (Phi) is 3.41. The van der Waals surface area contributed by atoms with Crippen LogP contribution in [-0.4, -0.2) is 26.9 Å². The second kappa shape index (κ2) is 5.24. The fourth-order valence-corrected chi connectivity index (χ4v) is 3.04. The number of nitrogens with zero attached hydrogens (tertiary/aromatic N) is 3. The minimum atomic E-state index is -0.773. The van der Waals surface area contributed by atoms with E-state index in [1.54, 1.807) is 0 Å². The highest BCUT2D eigenvalue weighted by atomic mass is 16.4. The average molecular weight is 285 g/mol. The van der Waals surface area contributed by atoms with E-state index < -0.39 is 12.0 Å². The quantitative estimate of drug-likeness (QED) is 0.936. The zero-order chi connectivity index (χ0) is 15.0. The molecular weight excluding hydrogens is 266 g/mol. The van der Waals surface area contributed by atoms with Gasteiger partial charge in [-0.1, -0.05) is 18.2 Å². The first-order chi connectivity index (χ1) is 10.1. The monoisotopic (exact) mass is 285 g/mol. The maximum Gasteiger partial charge on any atom is 0.326 e. The van der Waals surface area contributed by atoms with E-state index in [9.17, 15) is 9.90 Å². The van der Waals surface area contributed by atoms with Crippen molar-refractivity contribution in [1.29, 1.82) is 0 Å². The lowest BCUT2D eigenvalue weighted by molar-refractivity contribution is -0.138. The number of anilines is 1. The van der Waals surface area contributed by atoms with Crippen molar-refractivity contribution < 1.29 is 9.90 Å². The van der Waals surface area contributed by atoms with E-state index in [0.29, 0.717) is 13.0 Å². The smallest absolute Gasteiger partial charge is 0.326 e. The van der Waals surface area contributed by atoms with E-state index in [2.05, 4.69) is 5.10 Å². The molecule has 0 bridgehead atoms. The summed E-state index contributed by atoms with van der Waals surface area (Å²) in [5.41, 5.74) is 4.14. The van der Waals surface area contributed by atoms with Gasteiger partial charge < -0.3 is 10.0 Å². The van der Waals surface area contributed by atoms with Crippen molar-refractivity contribution in [3.63, 3.8) is 0 Å². The molecule has 1 atom stereocenters. The van der Waals surface area contributed by atoms with Crippen LogP contribution in [0.1, 0.15) is 23.9 Å². The standard InChI is InChI=1S/C16H19N3O2/c1-3-19-13(8-11(2)17-19)10-18-14-7-5-4-6-12(14)9-15(18)16(20)21/h4-8,15H,3,9-10H2,1-2H3,(H,20,21). The summed E-state index contributed by atoms with van der Waals surface area (Å²) in [6, 6.07) is 9.46. The van der Waals surface area contributed by atoms with Gasteiger partial charge in [-0.3, -0.25) is 4.68 Å². The number of rotatable bonds is 4. The summed E-state index contributed by atoms with van der Waals surface area (Å²) in [6.45, 7) is 5.36. The molecule has 2 heterocycles. The predicted octanol–water partition coefficient (Wildman–Crippen LogP) is 2.23. The number of benzene rings is 1. The molecule has 1 aromatic heterocycles. The molecule has 1 aliphatic rings. The molecule has 110 valence electrons. The van der Waals surface area contributed by atoms with Gasteiger partial charge in [-0.15, -0.1) is 0 Å². The van der Waals surface area contributed by atoms with Crippen LogP contribution in [0.5, 0.6) is 0 Å². The number of carboxylic acids is 1. The minimum absolute atomic E-state index is 0.497. The summed E-state index contributed by atoms with van der Waals surface area (Å²) in [6.07, 6.45) is 0.560. The van der Waals surface area contributed by atoms with Crippen LogP contribution in [0.3, 0.4) is 0 Å². The molecule has 1 N–H and O–H groups in total. The Balaban J connectivity index is 1.96. The minimum Gasteiger partial charge on any atom is -0.480 e. The number of fused-ring (bicyclic) bond motifs is 1. The molecule has 21 heavy (non-hydrogen) atoms. The molecule has 0 amide bonds. The predicted molar refractivity (Wildman–Crippen MR) is 80.4 cm³/mol. The first kappa shape index (κ1) is 13.7. The number of carbonyl (C=O) groups is 1. The van der Waals surface area contributed by atoms with Crippen LogP contribution in [-0.2, 0) is 24.3 Å². The van der Waals surface area contributed by atoms with Gasteiger partial charge in [0, 0.05) is 18.7 Å². The van der Waals surface area contributed by atoms with Gasteiger partial charge in [-0.25, -0.2) is 4.79 Å². The van der Waals surface area contributed by atoms with Crippen molar-refractivity contribution in [2.75, 3.05) is 4.90 Å². The Hall–Kier alpha value is -2.30. The zero-order valence-electron chi connectivity index (χ0n) is 12.3. The number of hydrogen-bond acceptors (Lipinski definition) is 3. The Morgan fingerprint density at radius 3 is 2.90 bits per heavy atom. The Morgan fingerprint density at radius 1 is 1.43 bits per heavy atom. The topological polar surface area (TPSA) is 58.4 Å². The number of hydrogen-bond donors (Lipinski definition) is 1. The number of aromatic nitrogens is 2. The van der Waals surface area contributed by atoms with Gasteiger partial charge in [-0.05, 0) is 31.5 Å². The normalized spacial score (nSPS) is 17.0. The van der Waals surface area contributed by atoms with Crippen LogP contribution in [0.2, 0.25) is 0 Å². The van der Waals surface area contributed by atoms with Crippen molar-refractivity contribution in [1.82, 2.24) is 9.78 Å². The molecule has 5 heteroatoms. The third-order valence-corrected chi connectivity index (χ3v) is 3.99. The van der Waals surface area contributed by atoms with Crippen LogP contribution in [0, 0.1) is 6.92 Å². The third kappa shape index (κ3) is 2.39. The lowest BCUT2D eigenvalue weighted by Gasteiger charge is -2.24. The van der Waals surface area contributed by atoms with Crippen LogP contribution < -0.4 is 4.90 Å². The molecule has 0 radical (unpaired) electrons. The van der Waals surface area contributed by atoms with Crippen LogP contribution in [0.25, 0.3) is 0 Å². The van der Waals surface area contributed by atoms with Crippen molar-refractivity contribution in [2.45, 2.75) is 39.4 Å². The maximum atomic E-state index is 11.6. The molecule has 5 nitrogen and oxygen atoms in total. The highest BCUT2D eigenvalue weighted by molar-refractivity contribution is 5.82. The van der Waals surface area contributed by atoms with Gasteiger partial charge in [-0.2, -0.15) is 5.10 Å². The molecule has 3 rings (SSSR count). The van der Waals surface area contributed by atoms with E-state index in [1.807, 2.05) is 53.8 Å². The second-order valence-electron chi connectivity index (χ2n) is 5.41. The van der Waals surface area contributed by atoms with Gasteiger partial charge in [0.15, 0.2) is 0 Å². The number of para-hydroxylation sites is 1. The third-order valence-electron chi connectivity index (χ3n) is 3.99. The fourth-order valence-electron chi connectivity index (χ4n) is 3.04. The maximum absolute atomic E-state index is 11.6. The van der Waals surface area contributed by atoms with E-state index in [0.717, 1.165) is 29.2 Å². The van der Waals surface area contributed by atoms with E-state index in [4.69, 9.17) is 0 Å². The number of aliphatic carboxylic acids is 1. The Morgan fingerprint density at radius 2 is 2.19 bits per heavy atom. The van der Waals surface area contributed by atoms with Crippen LogP contribution in [0.4, 0.5) is 5.69 Å². The summed E-state index contributed by atoms with van der Waals surface area (Å²) >= 11 is 0. The first-order valence-corrected chi connectivity index (χ1v) is 7.21. The average Bonchev–Trinajstić information content (AvgIpc) is 3.00.